The van der Waals surface area contributed by atoms with Gasteiger partial charge in [-0.15, -0.1) is 0 Å². The summed E-state index contributed by atoms with van der Waals surface area (Å²) in [6.45, 7) is 4.46. The van der Waals surface area contributed by atoms with Gasteiger partial charge in [0, 0.05) is 0 Å². The Balaban J connectivity index is 2.13. The van der Waals surface area contributed by atoms with Gasteiger partial charge in [0.1, 0.15) is 0 Å². The molecule has 0 radical (unpaired) electrons. The fourth-order valence-corrected chi connectivity index (χ4v) is 2.50. The van der Waals surface area contributed by atoms with Gasteiger partial charge < -0.3 is 0 Å². The molecule has 106 valence electrons. The van der Waals surface area contributed by atoms with E-state index in [4.69, 9.17) is 0 Å². The highest BCUT2D eigenvalue weighted by molar-refractivity contribution is 5.21. The Bertz CT molecular complexity index is 334. The fourth-order valence-electron chi connectivity index (χ4n) is 2.50. The standard InChI is InChI=1S/C19H30/c1-3-5-6-7-8-9-11-14-18(4-2)17-19-15-12-10-13-16-19/h4,10,12-13,15-16H,3,5-9,11,14,17H2,1-2H3/b18-4+. The maximum absolute atomic E-state index is 2.31. The first-order valence-corrected chi connectivity index (χ1v) is 8.04. The molecular weight excluding hydrogens is 228 g/mol. The van der Waals surface area contributed by atoms with Gasteiger partial charge in [0.05, 0.1) is 0 Å². The Morgan fingerprint density at radius 3 is 2.16 bits per heavy atom. The van der Waals surface area contributed by atoms with Gasteiger partial charge in [0.25, 0.3) is 0 Å². The maximum atomic E-state index is 2.31. The van der Waals surface area contributed by atoms with E-state index < -0.39 is 0 Å². The zero-order valence-corrected chi connectivity index (χ0v) is 12.8. The summed E-state index contributed by atoms with van der Waals surface area (Å²) in [5.74, 6) is 0. The van der Waals surface area contributed by atoms with Crippen molar-refractivity contribution in [3.05, 3.63) is 47.5 Å². The lowest BCUT2D eigenvalue weighted by Crippen LogP contribution is -1.91. The van der Waals surface area contributed by atoms with Crippen LogP contribution in [0.3, 0.4) is 0 Å². The van der Waals surface area contributed by atoms with Crippen LogP contribution in [0.25, 0.3) is 0 Å². The van der Waals surface area contributed by atoms with Gasteiger partial charge in [-0.3, -0.25) is 0 Å². The quantitative estimate of drug-likeness (QED) is 0.340. The van der Waals surface area contributed by atoms with Crippen LogP contribution < -0.4 is 0 Å². The second kappa shape index (κ2) is 10.8. The second-order valence-electron chi connectivity index (χ2n) is 5.48. The Morgan fingerprint density at radius 1 is 0.895 bits per heavy atom. The average Bonchev–Trinajstić information content (AvgIpc) is 2.46. The molecule has 0 amide bonds. The van der Waals surface area contributed by atoms with Crippen molar-refractivity contribution in [3.8, 4) is 0 Å². The highest BCUT2D eigenvalue weighted by Gasteiger charge is 1.99. The molecule has 19 heavy (non-hydrogen) atoms. The molecule has 0 aliphatic heterocycles. The van der Waals surface area contributed by atoms with Crippen LogP contribution in [0.4, 0.5) is 0 Å². The molecular formula is C19H30. The molecule has 0 heterocycles. The average molecular weight is 258 g/mol. The molecule has 0 spiro atoms. The molecule has 1 aromatic carbocycles. The predicted molar refractivity (Wildman–Crippen MR) is 86.5 cm³/mol. The van der Waals surface area contributed by atoms with Crippen LogP contribution in [0.2, 0.25) is 0 Å². The van der Waals surface area contributed by atoms with Crippen molar-refractivity contribution in [2.24, 2.45) is 0 Å². The molecule has 0 aliphatic carbocycles. The lowest BCUT2D eigenvalue weighted by Gasteiger charge is -2.07. The Kier molecular flexibility index (Phi) is 9.14. The van der Waals surface area contributed by atoms with Gasteiger partial charge in [-0.1, -0.05) is 87.4 Å². The van der Waals surface area contributed by atoms with Crippen molar-refractivity contribution in [2.45, 2.75) is 71.6 Å². The van der Waals surface area contributed by atoms with E-state index in [2.05, 4.69) is 50.3 Å². The molecule has 0 aromatic heterocycles. The van der Waals surface area contributed by atoms with Crippen LogP contribution in [0, 0.1) is 0 Å². The number of allylic oxidation sites excluding steroid dienone is 2. The largest absolute Gasteiger partial charge is 0.0881 e. The molecule has 0 saturated carbocycles. The Morgan fingerprint density at radius 2 is 1.53 bits per heavy atom. The smallest absolute Gasteiger partial charge is 0.00672 e. The zero-order chi connectivity index (χ0) is 13.8. The molecule has 0 atom stereocenters. The van der Waals surface area contributed by atoms with Gasteiger partial charge in [-0.2, -0.15) is 0 Å². The van der Waals surface area contributed by atoms with Crippen molar-refractivity contribution in [2.75, 3.05) is 0 Å². The first-order valence-electron chi connectivity index (χ1n) is 8.04. The lowest BCUT2D eigenvalue weighted by molar-refractivity contribution is 0.587. The molecule has 0 N–H and O–H groups in total. The van der Waals surface area contributed by atoms with Crippen molar-refractivity contribution < 1.29 is 0 Å². The van der Waals surface area contributed by atoms with Crippen LogP contribution in [-0.4, -0.2) is 0 Å². The molecule has 1 rings (SSSR count). The van der Waals surface area contributed by atoms with Gasteiger partial charge in [0.2, 0.25) is 0 Å². The van der Waals surface area contributed by atoms with E-state index in [9.17, 15) is 0 Å². The lowest BCUT2D eigenvalue weighted by atomic mass is 9.99. The topological polar surface area (TPSA) is 0 Å². The van der Waals surface area contributed by atoms with Gasteiger partial charge in [0.15, 0.2) is 0 Å². The minimum Gasteiger partial charge on any atom is -0.0881 e. The van der Waals surface area contributed by atoms with E-state index in [0.29, 0.717) is 0 Å². The molecule has 1 aromatic rings. The van der Waals surface area contributed by atoms with E-state index >= 15 is 0 Å². The predicted octanol–water partition coefficient (Wildman–Crippen LogP) is 6.32. The van der Waals surface area contributed by atoms with E-state index in [-0.39, 0.29) is 0 Å². The summed E-state index contributed by atoms with van der Waals surface area (Å²) in [4.78, 5) is 0. The summed E-state index contributed by atoms with van der Waals surface area (Å²) < 4.78 is 0. The summed E-state index contributed by atoms with van der Waals surface area (Å²) in [5, 5.41) is 0. The normalized spacial score (nSPS) is 11.8. The highest BCUT2D eigenvalue weighted by atomic mass is 14.0. The molecule has 0 nitrogen and oxygen atoms in total. The van der Waals surface area contributed by atoms with Crippen LogP contribution in [0.15, 0.2) is 42.0 Å². The SMILES string of the molecule is C/C=C(\CCCCCCCCC)Cc1ccccc1. The van der Waals surface area contributed by atoms with E-state index in [1.807, 2.05) is 0 Å². The van der Waals surface area contributed by atoms with Crippen LogP contribution >= 0.6 is 0 Å². The van der Waals surface area contributed by atoms with Gasteiger partial charge in [-0.25, -0.2) is 0 Å². The fraction of sp³-hybridized carbons (Fsp3) is 0.579. The van der Waals surface area contributed by atoms with Crippen molar-refractivity contribution in [1.29, 1.82) is 0 Å². The summed E-state index contributed by atoms with van der Waals surface area (Å²) in [7, 11) is 0. The number of hydrogen-bond donors (Lipinski definition) is 0. The molecule has 0 aliphatic rings. The molecule has 0 bridgehead atoms. The van der Waals surface area contributed by atoms with E-state index in [1.165, 1.54) is 56.9 Å². The summed E-state index contributed by atoms with van der Waals surface area (Å²) >= 11 is 0. The number of hydrogen-bond acceptors (Lipinski definition) is 0. The van der Waals surface area contributed by atoms with Crippen molar-refractivity contribution >= 4 is 0 Å². The monoisotopic (exact) mass is 258 g/mol. The first kappa shape index (κ1) is 16.0. The molecule has 0 saturated heterocycles. The summed E-state index contributed by atoms with van der Waals surface area (Å²) in [5.41, 5.74) is 3.04. The third-order valence-electron chi connectivity index (χ3n) is 3.78. The number of unbranched alkanes of at least 4 members (excludes halogenated alkanes) is 6. The molecule has 0 unspecified atom stereocenters. The third kappa shape index (κ3) is 7.87. The minimum absolute atomic E-state index is 1.13. The van der Waals surface area contributed by atoms with E-state index in [0.717, 1.165) is 6.42 Å². The molecule has 0 heteroatoms. The van der Waals surface area contributed by atoms with Crippen LogP contribution in [0.1, 0.15) is 70.8 Å². The maximum Gasteiger partial charge on any atom is -0.00672 e. The zero-order valence-electron chi connectivity index (χ0n) is 12.8. The summed E-state index contributed by atoms with van der Waals surface area (Å²) in [6.07, 6.45) is 14.5. The van der Waals surface area contributed by atoms with Crippen molar-refractivity contribution in [3.63, 3.8) is 0 Å². The third-order valence-corrected chi connectivity index (χ3v) is 3.78. The minimum atomic E-state index is 1.13. The second-order valence-corrected chi connectivity index (χ2v) is 5.48. The summed E-state index contributed by atoms with van der Waals surface area (Å²) in [6, 6.07) is 10.8. The first-order chi connectivity index (χ1) is 9.36. The molecule has 0 fully saturated rings. The van der Waals surface area contributed by atoms with Gasteiger partial charge in [-0.05, 0) is 31.7 Å². The number of rotatable bonds is 10. The van der Waals surface area contributed by atoms with Crippen LogP contribution in [0.5, 0.6) is 0 Å². The Hall–Kier alpha value is -1.04. The van der Waals surface area contributed by atoms with Gasteiger partial charge >= 0.3 is 0 Å². The Labute approximate surface area is 119 Å². The highest BCUT2D eigenvalue weighted by Crippen LogP contribution is 2.16. The van der Waals surface area contributed by atoms with Crippen LogP contribution in [-0.2, 0) is 6.42 Å². The number of benzene rings is 1. The van der Waals surface area contributed by atoms with Crippen molar-refractivity contribution in [1.82, 2.24) is 0 Å². The van der Waals surface area contributed by atoms with E-state index in [1.54, 1.807) is 5.57 Å².